The number of rotatable bonds is 8. The Hall–Kier alpha value is -4.66. The molecule has 1 saturated heterocycles. The Bertz CT molecular complexity index is 1460. The number of carbonyl (C=O) groups is 2. The summed E-state index contributed by atoms with van der Waals surface area (Å²) in [5, 5.41) is 14.4. The number of nitrogens with zero attached hydrogens (tertiary/aromatic N) is 1. The van der Waals surface area contributed by atoms with Crippen molar-refractivity contribution in [1.82, 2.24) is 20.6 Å². The number of fused-ring (bicyclic) bond motifs is 1. The van der Waals surface area contributed by atoms with Gasteiger partial charge in [-0.1, -0.05) is 18.2 Å². The van der Waals surface area contributed by atoms with Gasteiger partial charge in [-0.2, -0.15) is 0 Å². The molecule has 1 unspecified atom stereocenters. The van der Waals surface area contributed by atoms with Gasteiger partial charge in [0.25, 0.3) is 11.8 Å². The van der Waals surface area contributed by atoms with E-state index in [1.54, 1.807) is 30.6 Å². The van der Waals surface area contributed by atoms with E-state index >= 15 is 0 Å². The Morgan fingerprint density at radius 3 is 2.76 bits per heavy atom. The molecule has 1 aliphatic rings. The van der Waals surface area contributed by atoms with Crippen LogP contribution in [0.15, 0.2) is 67.0 Å². The predicted octanol–water partition coefficient (Wildman–Crippen LogP) is 3.14. The van der Waals surface area contributed by atoms with Crippen molar-refractivity contribution in [2.24, 2.45) is 5.73 Å². The third-order valence-corrected chi connectivity index (χ3v) is 6.45. The van der Waals surface area contributed by atoms with Gasteiger partial charge >= 0.3 is 0 Å². The second-order valence-corrected chi connectivity index (χ2v) is 9.00. The van der Waals surface area contributed by atoms with Crippen molar-refractivity contribution in [1.29, 1.82) is 5.41 Å². The molecule has 2 amide bonds. The zero-order valence-corrected chi connectivity index (χ0v) is 20.2. The summed E-state index contributed by atoms with van der Waals surface area (Å²) in [5.74, 6) is 0.155. The van der Waals surface area contributed by atoms with Gasteiger partial charge in [0.1, 0.15) is 5.84 Å². The van der Waals surface area contributed by atoms with Crippen LogP contribution in [0.25, 0.3) is 22.0 Å². The molecule has 0 bridgehead atoms. The first-order valence-corrected chi connectivity index (χ1v) is 12.2. The standard InChI is InChI=1S/C28H28N6O3/c29-26(30)22-16-34-23-8-3-17(14-21(22)23)9-12-33-27(35)19-6-4-18(5-7-19)20-10-13-31-25(15-20)37-24-2-1-11-32-28(24)36/h3-8,10,13-16,24,34H,1-2,9,11-12H2,(H3,29,30)(H,32,36)(H,33,35). The highest BCUT2D eigenvalue weighted by Crippen LogP contribution is 2.24. The molecule has 6 N–H and O–H groups in total. The summed E-state index contributed by atoms with van der Waals surface area (Å²) >= 11 is 0. The highest BCUT2D eigenvalue weighted by molar-refractivity contribution is 6.07. The van der Waals surface area contributed by atoms with E-state index in [4.69, 9.17) is 15.9 Å². The number of amidine groups is 1. The SMILES string of the molecule is N=C(N)c1c[nH]c2ccc(CCNC(=O)c3ccc(-c4ccnc(OC5CCCNC5=O)c4)cc3)cc12. The average Bonchev–Trinajstić information content (AvgIpc) is 3.34. The Labute approximate surface area is 213 Å². The molecule has 3 heterocycles. The number of aromatic nitrogens is 2. The van der Waals surface area contributed by atoms with Crippen LogP contribution in [0.3, 0.4) is 0 Å². The summed E-state index contributed by atoms with van der Waals surface area (Å²) in [6.45, 7) is 1.16. The monoisotopic (exact) mass is 496 g/mol. The Morgan fingerprint density at radius 2 is 1.97 bits per heavy atom. The molecule has 1 aliphatic heterocycles. The van der Waals surface area contributed by atoms with E-state index in [2.05, 4.69) is 20.6 Å². The first-order valence-electron chi connectivity index (χ1n) is 12.2. The minimum atomic E-state index is -0.524. The number of carbonyl (C=O) groups excluding carboxylic acids is 2. The molecule has 188 valence electrons. The van der Waals surface area contributed by atoms with Crippen molar-refractivity contribution in [3.8, 4) is 17.0 Å². The van der Waals surface area contributed by atoms with E-state index in [0.717, 1.165) is 34.0 Å². The number of hydrogen-bond acceptors (Lipinski definition) is 5. The summed E-state index contributed by atoms with van der Waals surface area (Å²) in [7, 11) is 0. The second kappa shape index (κ2) is 10.5. The van der Waals surface area contributed by atoms with Crippen molar-refractivity contribution < 1.29 is 14.3 Å². The smallest absolute Gasteiger partial charge is 0.261 e. The molecule has 0 aliphatic carbocycles. The number of nitrogen functional groups attached to an aromatic ring is 1. The highest BCUT2D eigenvalue weighted by atomic mass is 16.5. The quantitative estimate of drug-likeness (QED) is 0.188. The fourth-order valence-electron chi connectivity index (χ4n) is 4.44. The third-order valence-electron chi connectivity index (χ3n) is 6.45. The lowest BCUT2D eigenvalue weighted by molar-refractivity contribution is -0.130. The Morgan fingerprint density at radius 1 is 1.14 bits per heavy atom. The molecule has 0 saturated carbocycles. The van der Waals surface area contributed by atoms with E-state index < -0.39 is 6.10 Å². The van der Waals surface area contributed by atoms with Gasteiger partial charge in [0.15, 0.2) is 6.10 Å². The summed E-state index contributed by atoms with van der Waals surface area (Å²) in [5.41, 5.74) is 10.7. The van der Waals surface area contributed by atoms with Crippen molar-refractivity contribution in [3.05, 3.63) is 83.7 Å². The number of aromatic amines is 1. The molecule has 0 radical (unpaired) electrons. The van der Waals surface area contributed by atoms with Crippen LogP contribution in [0, 0.1) is 5.41 Å². The van der Waals surface area contributed by atoms with E-state index in [-0.39, 0.29) is 17.6 Å². The number of pyridine rings is 1. The molecular weight excluding hydrogens is 468 g/mol. The number of hydrogen-bond donors (Lipinski definition) is 5. The number of amides is 2. The third kappa shape index (κ3) is 5.45. The molecule has 1 fully saturated rings. The topological polar surface area (TPSA) is 146 Å². The van der Waals surface area contributed by atoms with Gasteiger partial charge in [-0.25, -0.2) is 4.98 Å². The number of H-pyrrole nitrogens is 1. The van der Waals surface area contributed by atoms with Gasteiger partial charge in [0, 0.05) is 53.6 Å². The van der Waals surface area contributed by atoms with Crippen LogP contribution in [0.2, 0.25) is 0 Å². The van der Waals surface area contributed by atoms with Crippen LogP contribution in [-0.4, -0.2) is 46.8 Å². The molecular formula is C28H28N6O3. The maximum atomic E-state index is 12.7. The largest absolute Gasteiger partial charge is 0.464 e. The van der Waals surface area contributed by atoms with E-state index in [1.165, 1.54) is 0 Å². The molecule has 2 aromatic carbocycles. The average molecular weight is 497 g/mol. The molecule has 9 nitrogen and oxygen atoms in total. The van der Waals surface area contributed by atoms with Gasteiger partial charge < -0.3 is 26.1 Å². The zero-order chi connectivity index (χ0) is 25.8. The first-order chi connectivity index (χ1) is 18.0. The van der Waals surface area contributed by atoms with Crippen molar-refractivity contribution in [2.45, 2.75) is 25.4 Å². The molecule has 1 atom stereocenters. The molecule has 0 spiro atoms. The zero-order valence-electron chi connectivity index (χ0n) is 20.2. The fraction of sp³-hybridized carbons (Fsp3) is 0.214. The second-order valence-electron chi connectivity index (χ2n) is 9.00. The number of ether oxygens (including phenoxy) is 1. The maximum Gasteiger partial charge on any atom is 0.261 e. The number of nitrogens with two attached hydrogens (primary N) is 1. The summed E-state index contributed by atoms with van der Waals surface area (Å²) in [6.07, 6.45) is 5.06. The maximum absolute atomic E-state index is 12.7. The lowest BCUT2D eigenvalue weighted by Crippen LogP contribution is -2.43. The van der Waals surface area contributed by atoms with Crippen molar-refractivity contribution >= 4 is 28.6 Å². The minimum Gasteiger partial charge on any atom is -0.464 e. The molecule has 4 aromatic rings. The van der Waals surface area contributed by atoms with Crippen LogP contribution >= 0.6 is 0 Å². The van der Waals surface area contributed by atoms with Crippen LogP contribution < -0.4 is 21.1 Å². The van der Waals surface area contributed by atoms with Crippen LogP contribution in [0.1, 0.15) is 34.3 Å². The molecule has 2 aromatic heterocycles. The van der Waals surface area contributed by atoms with Crippen molar-refractivity contribution in [3.63, 3.8) is 0 Å². The number of benzene rings is 2. The van der Waals surface area contributed by atoms with Crippen molar-refractivity contribution in [2.75, 3.05) is 13.1 Å². The molecule has 37 heavy (non-hydrogen) atoms. The number of nitrogens with one attached hydrogen (secondary N) is 4. The van der Waals surface area contributed by atoms with Crippen LogP contribution in [0.4, 0.5) is 0 Å². The Balaban J connectivity index is 1.18. The predicted molar refractivity (Wildman–Crippen MR) is 142 cm³/mol. The van der Waals surface area contributed by atoms with E-state index in [1.807, 2.05) is 36.4 Å². The lowest BCUT2D eigenvalue weighted by atomic mass is 10.0. The van der Waals surface area contributed by atoms with Gasteiger partial charge in [-0.05, 0) is 66.3 Å². The van der Waals surface area contributed by atoms with Gasteiger partial charge in [-0.3, -0.25) is 15.0 Å². The highest BCUT2D eigenvalue weighted by Gasteiger charge is 2.24. The van der Waals surface area contributed by atoms with Gasteiger partial charge in [-0.15, -0.1) is 0 Å². The Kier molecular flexibility index (Phi) is 6.85. The van der Waals surface area contributed by atoms with Gasteiger partial charge in [0.05, 0.1) is 0 Å². The molecule has 5 rings (SSSR count). The van der Waals surface area contributed by atoms with Crippen LogP contribution in [0.5, 0.6) is 5.88 Å². The lowest BCUT2D eigenvalue weighted by Gasteiger charge is -2.22. The van der Waals surface area contributed by atoms with Crippen LogP contribution in [-0.2, 0) is 11.2 Å². The summed E-state index contributed by atoms with van der Waals surface area (Å²) in [4.78, 5) is 32.0. The summed E-state index contributed by atoms with van der Waals surface area (Å²) in [6, 6.07) is 16.9. The van der Waals surface area contributed by atoms with Gasteiger partial charge in [0.2, 0.25) is 5.88 Å². The minimum absolute atomic E-state index is 0.0206. The number of piperidine rings is 1. The fourth-order valence-corrected chi connectivity index (χ4v) is 4.44. The normalized spacial score (nSPS) is 15.2. The molecule has 9 heteroatoms. The summed E-state index contributed by atoms with van der Waals surface area (Å²) < 4.78 is 5.80. The van der Waals surface area contributed by atoms with E-state index in [0.29, 0.717) is 42.9 Å². The van der Waals surface area contributed by atoms with E-state index in [9.17, 15) is 9.59 Å². The first kappa shape index (κ1) is 24.1.